The molecule has 0 atom stereocenters. The van der Waals surface area contributed by atoms with Gasteiger partial charge in [0, 0.05) is 12.1 Å². The van der Waals surface area contributed by atoms with E-state index in [1.165, 1.54) is 12.1 Å². The monoisotopic (exact) mass is 297 g/mol. The lowest BCUT2D eigenvalue weighted by Gasteiger charge is -2.06. The van der Waals surface area contributed by atoms with Crippen LogP contribution in [-0.4, -0.2) is 4.92 Å². The molecule has 0 heterocycles. The van der Waals surface area contributed by atoms with Gasteiger partial charge in [-0.25, -0.2) is 0 Å². The van der Waals surface area contributed by atoms with Crippen molar-refractivity contribution in [2.45, 2.75) is 6.61 Å². The minimum atomic E-state index is -0.456. The van der Waals surface area contributed by atoms with E-state index in [-0.39, 0.29) is 5.69 Å². The number of hydrogen-bond donors (Lipinski definition) is 0. The average Bonchev–Trinajstić information content (AvgIpc) is 2.40. The predicted molar refractivity (Wildman–Crippen MR) is 73.9 cm³/mol. The summed E-state index contributed by atoms with van der Waals surface area (Å²) in [5.41, 5.74) is 0.898. The van der Waals surface area contributed by atoms with Gasteiger partial charge in [0.25, 0.3) is 5.69 Å². The van der Waals surface area contributed by atoms with Crippen molar-refractivity contribution in [2.24, 2.45) is 0 Å². The van der Waals surface area contributed by atoms with E-state index in [0.29, 0.717) is 22.4 Å². The van der Waals surface area contributed by atoms with Crippen LogP contribution in [0.25, 0.3) is 0 Å². The topological polar surface area (TPSA) is 52.4 Å². The maximum absolute atomic E-state index is 10.5. The molecule has 0 radical (unpaired) electrons. The minimum absolute atomic E-state index is 0.0295. The Balaban J connectivity index is 2.01. The second kappa shape index (κ2) is 5.91. The molecule has 0 spiro atoms. The fourth-order valence-electron chi connectivity index (χ4n) is 1.46. The van der Waals surface area contributed by atoms with Crippen LogP contribution in [0.4, 0.5) is 5.69 Å². The molecule has 19 heavy (non-hydrogen) atoms. The quantitative estimate of drug-likeness (QED) is 0.617. The zero-order chi connectivity index (χ0) is 13.8. The summed E-state index contributed by atoms with van der Waals surface area (Å²) >= 11 is 11.7. The molecule has 0 fully saturated rings. The molecule has 0 bridgehead atoms. The highest BCUT2D eigenvalue weighted by Crippen LogP contribution is 2.24. The Morgan fingerprint density at radius 2 is 1.74 bits per heavy atom. The van der Waals surface area contributed by atoms with Gasteiger partial charge in [-0.15, -0.1) is 0 Å². The van der Waals surface area contributed by atoms with E-state index >= 15 is 0 Å². The lowest BCUT2D eigenvalue weighted by atomic mass is 10.2. The molecule has 2 aromatic rings. The third-order valence-electron chi connectivity index (χ3n) is 2.44. The van der Waals surface area contributed by atoms with Crippen LogP contribution in [0.15, 0.2) is 42.5 Å². The second-order valence-corrected chi connectivity index (χ2v) is 4.60. The maximum atomic E-state index is 10.5. The Labute approximate surface area is 119 Å². The summed E-state index contributed by atoms with van der Waals surface area (Å²) in [6.07, 6.45) is 0. The van der Waals surface area contributed by atoms with Crippen LogP contribution in [0.5, 0.6) is 5.75 Å². The van der Waals surface area contributed by atoms with E-state index in [9.17, 15) is 10.1 Å². The van der Waals surface area contributed by atoms with Gasteiger partial charge in [-0.2, -0.15) is 0 Å². The van der Waals surface area contributed by atoms with E-state index in [1.54, 1.807) is 30.3 Å². The fraction of sp³-hybridized carbons (Fsp3) is 0.0769. The van der Waals surface area contributed by atoms with Crippen LogP contribution < -0.4 is 4.74 Å². The summed E-state index contributed by atoms with van der Waals surface area (Å²) in [5.74, 6) is 0.552. The van der Waals surface area contributed by atoms with Crippen molar-refractivity contribution in [2.75, 3.05) is 0 Å². The Hall–Kier alpha value is -1.78. The number of halogens is 2. The SMILES string of the molecule is O=[N+]([O-])c1ccc(OCc2ccc(Cl)c(Cl)c2)cc1. The van der Waals surface area contributed by atoms with Crippen molar-refractivity contribution in [1.29, 1.82) is 0 Å². The molecule has 98 valence electrons. The molecule has 0 N–H and O–H groups in total. The first-order valence-electron chi connectivity index (χ1n) is 5.37. The van der Waals surface area contributed by atoms with Crippen molar-refractivity contribution >= 4 is 28.9 Å². The van der Waals surface area contributed by atoms with E-state index in [2.05, 4.69) is 0 Å². The Kier molecular flexibility index (Phi) is 4.24. The molecular formula is C13H9Cl2NO3. The van der Waals surface area contributed by atoms with Gasteiger partial charge >= 0.3 is 0 Å². The van der Waals surface area contributed by atoms with Crippen LogP contribution >= 0.6 is 23.2 Å². The van der Waals surface area contributed by atoms with Gasteiger partial charge in [-0.1, -0.05) is 29.3 Å². The molecule has 0 aliphatic rings. The molecule has 0 unspecified atom stereocenters. The van der Waals surface area contributed by atoms with Gasteiger partial charge in [0.1, 0.15) is 12.4 Å². The van der Waals surface area contributed by atoms with Crippen molar-refractivity contribution in [1.82, 2.24) is 0 Å². The Morgan fingerprint density at radius 1 is 1.05 bits per heavy atom. The average molecular weight is 298 g/mol. The van der Waals surface area contributed by atoms with Crippen LogP contribution in [0.1, 0.15) is 5.56 Å². The highest BCUT2D eigenvalue weighted by atomic mass is 35.5. The highest BCUT2D eigenvalue weighted by molar-refractivity contribution is 6.42. The molecule has 0 aromatic heterocycles. The van der Waals surface area contributed by atoms with E-state index in [1.807, 2.05) is 0 Å². The summed E-state index contributed by atoms with van der Waals surface area (Å²) < 4.78 is 5.50. The zero-order valence-corrected chi connectivity index (χ0v) is 11.2. The van der Waals surface area contributed by atoms with Gasteiger partial charge in [0.2, 0.25) is 0 Å². The zero-order valence-electron chi connectivity index (χ0n) is 9.68. The molecule has 2 aromatic carbocycles. The Bertz CT molecular complexity index is 599. The minimum Gasteiger partial charge on any atom is -0.489 e. The normalized spacial score (nSPS) is 10.2. The standard InChI is InChI=1S/C13H9Cl2NO3/c14-12-6-1-9(7-13(12)15)8-19-11-4-2-10(3-5-11)16(17)18/h1-7H,8H2. The summed E-state index contributed by atoms with van der Waals surface area (Å²) in [4.78, 5) is 10.0. The number of hydrogen-bond acceptors (Lipinski definition) is 3. The number of nitro benzene ring substituents is 1. The van der Waals surface area contributed by atoms with Gasteiger partial charge in [-0.3, -0.25) is 10.1 Å². The molecule has 0 amide bonds. The first-order chi connectivity index (χ1) is 9.06. The first kappa shape index (κ1) is 13.6. The van der Waals surface area contributed by atoms with Gasteiger partial charge in [0.05, 0.1) is 15.0 Å². The lowest BCUT2D eigenvalue weighted by molar-refractivity contribution is -0.384. The third kappa shape index (κ3) is 3.59. The highest BCUT2D eigenvalue weighted by Gasteiger charge is 2.05. The van der Waals surface area contributed by atoms with Gasteiger partial charge < -0.3 is 4.74 Å². The van der Waals surface area contributed by atoms with Crippen molar-refractivity contribution in [3.8, 4) is 5.75 Å². The van der Waals surface area contributed by atoms with Crippen molar-refractivity contribution in [3.05, 3.63) is 68.2 Å². The predicted octanol–water partition coefficient (Wildman–Crippen LogP) is 4.48. The summed E-state index contributed by atoms with van der Waals surface area (Å²) in [5, 5.41) is 11.4. The number of nitrogens with zero attached hydrogens (tertiary/aromatic N) is 1. The maximum Gasteiger partial charge on any atom is 0.269 e. The second-order valence-electron chi connectivity index (χ2n) is 3.79. The van der Waals surface area contributed by atoms with E-state index in [4.69, 9.17) is 27.9 Å². The van der Waals surface area contributed by atoms with E-state index in [0.717, 1.165) is 5.56 Å². The molecule has 0 aliphatic heterocycles. The first-order valence-corrected chi connectivity index (χ1v) is 6.13. The number of nitro groups is 1. The van der Waals surface area contributed by atoms with Crippen LogP contribution in [0, 0.1) is 10.1 Å². The van der Waals surface area contributed by atoms with Crippen LogP contribution in [0.2, 0.25) is 10.0 Å². The number of benzene rings is 2. The molecule has 6 heteroatoms. The summed E-state index contributed by atoms with van der Waals surface area (Å²) in [6.45, 7) is 0.314. The largest absolute Gasteiger partial charge is 0.489 e. The van der Waals surface area contributed by atoms with Gasteiger partial charge in [-0.05, 0) is 29.8 Å². The molecule has 0 aliphatic carbocycles. The molecule has 0 saturated heterocycles. The molecule has 0 saturated carbocycles. The Morgan fingerprint density at radius 3 is 2.32 bits per heavy atom. The lowest BCUT2D eigenvalue weighted by Crippen LogP contribution is -1.95. The number of rotatable bonds is 4. The van der Waals surface area contributed by atoms with Crippen LogP contribution in [-0.2, 0) is 6.61 Å². The number of non-ortho nitro benzene ring substituents is 1. The van der Waals surface area contributed by atoms with E-state index < -0.39 is 4.92 Å². The summed E-state index contributed by atoms with van der Waals surface area (Å²) in [6, 6.07) is 11.1. The summed E-state index contributed by atoms with van der Waals surface area (Å²) in [7, 11) is 0. The van der Waals surface area contributed by atoms with Crippen LogP contribution in [0.3, 0.4) is 0 Å². The van der Waals surface area contributed by atoms with Crippen molar-refractivity contribution in [3.63, 3.8) is 0 Å². The number of ether oxygens (including phenoxy) is 1. The molecular weight excluding hydrogens is 289 g/mol. The molecule has 4 nitrogen and oxygen atoms in total. The third-order valence-corrected chi connectivity index (χ3v) is 3.18. The van der Waals surface area contributed by atoms with Gasteiger partial charge in [0.15, 0.2) is 0 Å². The fourth-order valence-corrected chi connectivity index (χ4v) is 1.78. The smallest absolute Gasteiger partial charge is 0.269 e. The molecule has 2 rings (SSSR count). The van der Waals surface area contributed by atoms with Crippen molar-refractivity contribution < 1.29 is 9.66 Å².